The van der Waals surface area contributed by atoms with Crippen molar-refractivity contribution in [2.24, 2.45) is 0 Å². The van der Waals surface area contributed by atoms with E-state index in [-0.39, 0.29) is 0 Å². The predicted octanol–water partition coefficient (Wildman–Crippen LogP) is 0.705. The standard InChI is InChI=1S/C10H22N2O/c1-9(8-13-3)12(2)7-10-5-4-6-11-10/h9-11H,4-8H2,1-3H3. The van der Waals surface area contributed by atoms with E-state index in [1.54, 1.807) is 7.11 Å². The van der Waals surface area contributed by atoms with Gasteiger partial charge in [0.2, 0.25) is 0 Å². The maximum absolute atomic E-state index is 5.13. The summed E-state index contributed by atoms with van der Waals surface area (Å²) in [5.74, 6) is 0. The fourth-order valence-corrected chi connectivity index (χ4v) is 1.81. The third-order valence-corrected chi connectivity index (χ3v) is 2.83. The summed E-state index contributed by atoms with van der Waals surface area (Å²) in [5, 5.41) is 3.50. The molecule has 2 unspecified atom stereocenters. The molecule has 3 nitrogen and oxygen atoms in total. The van der Waals surface area contributed by atoms with Gasteiger partial charge in [-0.15, -0.1) is 0 Å². The van der Waals surface area contributed by atoms with Gasteiger partial charge in [-0.3, -0.25) is 4.90 Å². The van der Waals surface area contributed by atoms with E-state index in [4.69, 9.17) is 4.74 Å². The summed E-state index contributed by atoms with van der Waals surface area (Å²) in [6.45, 7) is 5.36. The van der Waals surface area contributed by atoms with Gasteiger partial charge < -0.3 is 10.1 Å². The van der Waals surface area contributed by atoms with Gasteiger partial charge in [0.25, 0.3) is 0 Å². The number of nitrogens with zero attached hydrogens (tertiary/aromatic N) is 1. The van der Waals surface area contributed by atoms with E-state index in [2.05, 4.69) is 24.2 Å². The average Bonchev–Trinajstić information content (AvgIpc) is 2.57. The van der Waals surface area contributed by atoms with E-state index in [1.165, 1.54) is 19.4 Å². The Morgan fingerprint density at radius 3 is 2.92 bits per heavy atom. The summed E-state index contributed by atoms with van der Waals surface area (Å²) >= 11 is 0. The highest BCUT2D eigenvalue weighted by molar-refractivity contribution is 4.78. The molecule has 0 amide bonds. The normalized spacial score (nSPS) is 25.4. The van der Waals surface area contributed by atoms with Gasteiger partial charge in [0.05, 0.1) is 6.61 Å². The number of hydrogen-bond donors (Lipinski definition) is 1. The van der Waals surface area contributed by atoms with E-state index in [0.717, 1.165) is 13.2 Å². The lowest BCUT2D eigenvalue weighted by molar-refractivity contribution is 0.111. The maximum Gasteiger partial charge on any atom is 0.0615 e. The second kappa shape index (κ2) is 5.58. The number of hydrogen-bond acceptors (Lipinski definition) is 3. The molecule has 3 heteroatoms. The van der Waals surface area contributed by atoms with Crippen molar-refractivity contribution in [1.82, 2.24) is 10.2 Å². The van der Waals surface area contributed by atoms with Crippen LogP contribution in [0.2, 0.25) is 0 Å². The molecular weight excluding hydrogens is 164 g/mol. The Balaban J connectivity index is 2.18. The molecule has 78 valence electrons. The van der Waals surface area contributed by atoms with E-state index in [9.17, 15) is 0 Å². The van der Waals surface area contributed by atoms with Crippen LogP contribution < -0.4 is 5.32 Å². The first-order valence-electron chi connectivity index (χ1n) is 5.16. The lowest BCUT2D eigenvalue weighted by Crippen LogP contribution is -2.41. The minimum Gasteiger partial charge on any atom is -0.383 e. The van der Waals surface area contributed by atoms with Crippen molar-refractivity contribution in [1.29, 1.82) is 0 Å². The molecule has 0 aromatic heterocycles. The SMILES string of the molecule is COCC(C)N(C)CC1CCCN1. The zero-order valence-electron chi connectivity index (χ0n) is 9.05. The minimum atomic E-state index is 0.521. The Bertz CT molecular complexity index is 135. The molecule has 0 aliphatic carbocycles. The average molecular weight is 186 g/mol. The third kappa shape index (κ3) is 3.63. The monoisotopic (exact) mass is 186 g/mol. The Morgan fingerprint density at radius 2 is 2.38 bits per heavy atom. The number of ether oxygens (including phenoxy) is 1. The minimum absolute atomic E-state index is 0.521. The van der Waals surface area contributed by atoms with Gasteiger partial charge in [0.15, 0.2) is 0 Å². The summed E-state index contributed by atoms with van der Waals surface area (Å²) in [5.41, 5.74) is 0. The molecule has 1 N–H and O–H groups in total. The van der Waals surface area contributed by atoms with Gasteiger partial charge in [-0.1, -0.05) is 0 Å². The second-order valence-corrected chi connectivity index (χ2v) is 4.04. The second-order valence-electron chi connectivity index (χ2n) is 4.04. The van der Waals surface area contributed by atoms with Gasteiger partial charge in [-0.05, 0) is 33.4 Å². The van der Waals surface area contributed by atoms with E-state index < -0.39 is 0 Å². The van der Waals surface area contributed by atoms with Crippen molar-refractivity contribution in [3.8, 4) is 0 Å². The molecule has 0 aromatic rings. The molecule has 1 aliphatic heterocycles. The first-order chi connectivity index (χ1) is 6.24. The highest BCUT2D eigenvalue weighted by Gasteiger charge is 2.18. The summed E-state index contributed by atoms with van der Waals surface area (Å²) in [6.07, 6.45) is 2.65. The van der Waals surface area contributed by atoms with Crippen LogP contribution in [-0.4, -0.2) is 50.8 Å². The molecule has 0 aromatic carbocycles. The molecule has 1 fully saturated rings. The predicted molar refractivity (Wildman–Crippen MR) is 55.0 cm³/mol. The number of rotatable bonds is 5. The lowest BCUT2D eigenvalue weighted by Gasteiger charge is -2.26. The van der Waals surface area contributed by atoms with Gasteiger partial charge in [0.1, 0.15) is 0 Å². The van der Waals surface area contributed by atoms with Gasteiger partial charge >= 0.3 is 0 Å². The van der Waals surface area contributed by atoms with Crippen LogP contribution in [0.3, 0.4) is 0 Å². The Labute approximate surface area is 81.4 Å². The number of likely N-dealkylation sites (N-methyl/N-ethyl adjacent to an activating group) is 1. The molecule has 0 bridgehead atoms. The van der Waals surface area contributed by atoms with E-state index >= 15 is 0 Å². The topological polar surface area (TPSA) is 24.5 Å². The van der Waals surface area contributed by atoms with Crippen LogP contribution in [0, 0.1) is 0 Å². The lowest BCUT2D eigenvalue weighted by atomic mass is 10.2. The first kappa shape index (κ1) is 11.0. The molecule has 1 aliphatic rings. The smallest absolute Gasteiger partial charge is 0.0615 e. The third-order valence-electron chi connectivity index (χ3n) is 2.83. The molecule has 1 saturated heterocycles. The fourth-order valence-electron chi connectivity index (χ4n) is 1.81. The highest BCUT2D eigenvalue weighted by Crippen LogP contribution is 2.07. The highest BCUT2D eigenvalue weighted by atomic mass is 16.5. The van der Waals surface area contributed by atoms with Crippen molar-refractivity contribution in [2.75, 3.05) is 33.9 Å². The largest absolute Gasteiger partial charge is 0.383 e. The van der Waals surface area contributed by atoms with E-state index in [1.807, 2.05) is 0 Å². The van der Waals surface area contributed by atoms with Crippen LogP contribution in [-0.2, 0) is 4.74 Å². The molecule has 2 atom stereocenters. The zero-order chi connectivity index (χ0) is 9.68. The molecule has 0 spiro atoms. The summed E-state index contributed by atoms with van der Waals surface area (Å²) < 4.78 is 5.13. The fraction of sp³-hybridized carbons (Fsp3) is 1.00. The molecule has 0 saturated carbocycles. The van der Waals surface area contributed by atoms with Crippen LogP contribution in [0.1, 0.15) is 19.8 Å². The van der Waals surface area contributed by atoms with Crippen molar-refractivity contribution < 1.29 is 4.74 Å². The van der Waals surface area contributed by atoms with Gasteiger partial charge in [-0.25, -0.2) is 0 Å². The first-order valence-corrected chi connectivity index (χ1v) is 5.16. The summed E-state index contributed by atoms with van der Waals surface area (Å²) in [6, 6.07) is 1.22. The van der Waals surface area contributed by atoms with Crippen LogP contribution in [0.15, 0.2) is 0 Å². The Kier molecular flexibility index (Phi) is 4.70. The Morgan fingerprint density at radius 1 is 1.62 bits per heavy atom. The van der Waals surface area contributed by atoms with Crippen molar-refractivity contribution in [3.05, 3.63) is 0 Å². The molecule has 0 radical (unpaired) electrons. The van der Waals surface area contributed by atoms with E-state index in [0.29, 0.717) is 12.1 Å². The Hall–Kier alpha value is -0.120. The van der Waals surface area contributed by atoms with Crippen molar-refractivity contribution >= 4 is 0 Å². The molecule has 13 heavy (non-hydrogen) atoms. The van der Waals surface area contributed by atoms with Crippen molar-refractivity contribution in [2.45, 2.75) is 31.8 Å². The number of nitrogens with one attached hydrogen (secondary N) is 1. The quantitative estimate of drug-likeness (QED) is 0.684. The van der Waals surface area contributed by atoms with Crippen LogP contribution in [0.25, 0.3) is 0 Å². The van der Waals surface area contributed by atoms with Gasteiger partial charge in [0, 0.05) is 25.7 Å². The zero-order valence-corrected chi connectivity index (χ0v) is 9.05. The number of methoxy groups -OCH3 is 1. The van der Waals surface area contributed by atoms with Crippen LogP contribution in [0.4, 0.5) is 0 Å². The molecule has 1 heterocycles. The molecular formula is C10H22N2O. The maximum atomic E-state index is 5.13. The summed E-state index contributed by atoms with van der Waals surface area (Å²) in [7, 11) is 3.93. The van der Waals surface area contributed by atoms with Crippen molar-refractivity contribution in [3.63, 3.8) is 0 Å². The molecule has 1 rings (SSSR count). The van der Waals surface area contributed by atoms with Crippen LogP contribution in [0.5, 0.6) is 0 Å². The van der Waals surface area contributed by atoms with Crippen LogP contribution >= 0.6 is 0 Å². The van der Waals surface area contributed by atoms with Gasteiger partial charge in [-0.2, -0.15) is 0 Å². The summed E-state index contributed by atoms with van der Waals surface area (Å²) in [4.78, 5) is 2.37.